The van der Waals surface area contributed by atoms with Gasteiger partial charge in [0.1, 0.15) is 0 Å². The van der Waals surface area contributed by atoms with Crippen molar-refractivity contribution in [1.82, 2.24) is 10.6 Å². The Balaban J connectivity index is 1.95. The Hall–Kier alpha value is -0.120. The Morgan fingerprint density at radius 2 is 2.00 bits per heavy atom. The lowest BCUT2D eigenvalue weighted by Gasteiger charge is -2.33. The molecule has 1 fully saturated rings. The van der Waals surface area contributed by atoms with Crippen molar-refractivity contribution in [2.24, 2.45) is 0 Å². The lowest BCUT2D eigenvalue weighted by atomic mass is 9.89. The van der Waals surface area contributed by atoms with Gasteiger partial charge in [-0.3, -0.25) is 0 Å². The third kappa shape index (κ3) is 5.84. The maximum atomic E-state index is 9.42. The van der Waals surface area contributed by atoms with Crippen LogP contribution in [0.3, 0.4) is 0 Å². The lowest BCUT2D eigenvalue weighted by molar-refractivity contribution is 0.0504. The molecule has 3 nitrogen and oxygen atoms in total. The molecule has 0 saturated heterocycles. The van der Waals surface area contributed by atoms with Crippen LogP contribution >= 0.6 is 0 Å². The minimum absolute atomic E-state index is 0.0958. The van der Waals surface area contributed by atoms with Gasteiger partial charge < -0.3 is 15.7 Å². The van der Waals surface area contributed by atoms with Crippen LogP contribution in [0.4, 0.5) is 0 Å². The summed E-state index contributed by atoms with van der Waals surface area (Å²) in [4.78, 5) is 0. The molecule has 0 heterocycles. The fourth-order valence-electron chi connectivity index (χ4n) is 2.35. The molecule has 0 amide bonds. The summed E-state index contributed by atoms with van der Waals surface area (Å²) >= 11 is 0. The second-order valence-electron chi connectivity index (χ2n) is 5.26. The number of unbranched alkanes of at least 4 members (excludes halogenated alkanes) is 2. The molecule has 0 bridgehead atoms. The third-order valence-corrected chi connectivity index (χ3v) is 3.85. The number of hydrogen-bond acceptors (Lipinski definition) is 3. The fourth-order valence-corrected chi connectivity index (χ4v) is 2.35. The van der Waals surface area contributed by atoms with Crippen LogP contribution < -0.4 is 10.6 Å². The highest BCUT2D eigenvalue weighted by Gasteiger charge is 2.27. The SMILES string of the molecule is CCCCCC(CC)NCCN[C@@H]1CC[C@@H]1O. The molecule has 1 rings (SSSR count). The molecule has 1 unspecified atom stereocenters. The minimum atomic E-state index is -0.0958. The van der Waals surface area contributed by atoms with Gasteiger partial charge in [-0.1, -0.05) is 33.1 Å². The van der Waals surface area contributed by atoms with Crippen LogP contribution in [0, 0.1) is 0 Å². The molecule has 0 spiro atoms. The number of aliphatic hydroxyl groups excluding tert-OH is 1. The molecule has 0 aromatic carbocycles. The lowest BCUT2D eigenvalue weighted by Crippen LogP contribution is -2.50. The van der Waals surface area contributed by atoms with Gasteiger partial charge in [0.05, 0.1) is 6.10 Å². The molecular formula is C14H30N2O. The zero-order valence-corrected chi connectivity index (χ0v) is 11.5. The van der Waals surface area contributed by atoms with Gasteiger partial charge in [-0.25, -0.2) is 0 Å². The summed E-state index contributed by atoms with van der Waals surface area (Å²) in [5.41, 5.74) is 0. The van der Waals surface area contributed by atoms with E-state index in [1.807, 2.05) is 0 Å². The Bertz CT molecular complexity index is 187. The smallest absolute Gasteiger partial charge is 0.0693 e. The van der Waals surface area contributed by atoms with Crippen molar-refractivity contribution in [2.75, 3.05) is 13.1 Å². The minimum Gasteiger partial charge on any atom is -0.392 e. The Morgan fingerprint density at radius 1 is 1.18 bits per heavy atom. The van der Waals surface area contributed by atoms with Crippen LogP contribution in [0.15, 0.2) is 0 Å². The summed E-state index contributed by atoms with van der Waals surface area (Å²) in [6.07, 6.45) is 8.53. The van der Waals surface area contributed by atoms with Crippen LogP contribution in [0.5, 0.6) is 0 Å². The molecule has 3 N–H and O–H groups in total. The van der Waals surface area contributed by atoms with Crippen molar-refractivity contribution in [1.29, 1.82) is 0 Å². The van der Waals surface area contributed by atoms with Crippen LogP contribution in [0.2, 0.25) is 0 Å². The van der Waals surface area contributed by atoms with Crippen molar-refractivity contribution < 1.29 is 5.11 Å². The van der Waals surface area contributed by atoms with Crippen molar-refractivity contribution in [3.05, 3.63) is 0 Å². The first-order chi connectivity index (χ1) is 8.27. The van der Waals surface area contributed by atoms with Crippen molar-refractivity contribution in [3.8, 4) is 0 Å². The van der Waals surface area contributed by atoms with E-state index in [-0.39, 0.29) is 6.10 Å². The van der Waals surface area contributed by atoms with E-state index in [4.69, 9.17) is 0 Å². The van der Waals surface area contributed by atoms with Gasteiger partial charge in [0.2, 0.25) is 0 Å². The standard InChI is InChI=1S/C14H30N2O/c1-3-5-6-7-12(4-2)15-10-11-16-13-8-9-14(13)17/h12-17H,3-11H2,1-2H3/t12?,13-,14+/m1/s1. The summed E-state index contributed by atoms with van der Waals surface area (Å²) in [7, 11) is 0. The van der Waals surface area contributed by atoms with Crippen molar-refractivity contribution in [2.45, 2.75) is 77.0 Å². The largest absolute Gasteiger partial charge is 0.392 e. The molecule has 1 aliphatic rings. The first-order valence-corrected chi connectivity index (χ1v) is 7.42. The van der Waals surface area contributed by atoms with E-state index in [2.05, 4.69) is 24.5 Å². The zero-order valence-electron chi connectivity index (χ0n) is 11.5. The second kappa shape index (κ2) is 8.90. The van der Waals surface area contributed by atoms with Crippen molar-refractivity contribution >= 4 is 0 Å². The Morgan fingerprint density at radius 3 is 2.53 bits per heavy atom. The number of hydrogen-bond donors (Lipinski definition) is 3. The molecule has 102 valence electrons. The van der Waals surface area contributed by atoms with E-state index in [9.17, 15) is 5.11 Å². The molecule has 0 radical (unpaired) electrons. The van der Waals surface area contributed by atoms with Gasteiger partial charge in [0.15, 0.2) is 0 Å². The highest BCUT2D eigenvalue weighted by atomic mass is 16.3. The predicted molar refractivity (Wildman–Crippen MR) is 73.3 cm³/mol. The van der Waals surface area contributed by atoms with Gasteiger partial charge >= 0.3 is 0 Å². The maximum absolute atomic E-state index is 9.42. The first-order valence-electron chi connectivity index (χ1n) is 7.42. The molecule has 17 heavy (non-hydrogen) atoms. The van der Waals surface area contributed by atoms with Crippen LogP contribution in [0.25, 0.3) is 0 Å². The number of rotatable bonds is 10. The molecule has 1 saturated carbocycles. The molecule has 1 aliphatic carbocycles. The molecule has 3 atom stereocenters. The van der Waals surface area contributed by atoms with E-state index < -0.39 is 0 Å². The van der Waals surface area contributed by atoms with Crippen LogP contribution in [-0.4, -0.2) is 36.4 Å². The first kappa shape index (κ1) is 14.9. The van der Waals surface area contributed by atoms with E-state index >= 15 is 0 Å². The quantitative estimate of drug-likeness (QED) is 0.514. The van der Waals surface area contributed by atoms with Crippen LogP contribution in [-0.2, 0) is 0 Å². The topological polar surface area (TPSA) is 44.3 Å². The third-order valence-electron chi connectivity index (χ3n) is 3.85. The van der Waals surface area contributed by atoms with Gasteiger partial charge in [0, 0.05) is 25.2 Å². The highest BCUT2D eigenvalue weighted by molar-refractivity contribution is 4.86. The maximum Gasteiger partial charge on any atom is 0.0693 e. The summed E-state index contributed by atoms with van der Waals surface area (Å²) in [5, 5.41) is 16.4. The van der Waals surface area contributed by atoms with Gasteiger partial charge in [-0.05, 0) is 25.7 Å². The average Bonchev–Trinajstić information content (AvgIpc) is 2.34. The Kier molecular flexibility index (Phi) is 7.82. The summed E-state index contributed by atoms with van der Waals surface area (Å²) in [6.45, 7) is 6.51. The highest BCUT2D eigenvalue weighted by Crippen LogP contribution is 2.18. The summed E-state index contributed by atoms with van der Waals surface area (Å²) in [6, 6.07) is 1.03. The van der Waals surface area contributed by atoms with Gasteiger partial charge in [0.25, 0.3) is 0 Å². The molecule has 3 heteroatoms. The van der Waals surface area contributed by atoms with Crippen molar-refractivity contribution in [3.63, 3.8) is 0 Å². The number of aliphatic hydroxyl groups is 1. The van der Waals surface area contributed by atoms with E-state index in [1.54, 1.807) is 0 Å². The fraction of sp³-hybridized carbons (Fsp3) is 1.00. The van der Waals surface area contributed by atoms with E-state index in [0.717, 1.165) is 25.9 Å². The molecule has 0 aromatic heterocycles. The normalized spacial score (nSPS) is 25.6. The molecular weight excluding hydrogens is 212 g/mol. The van der Waals surface area contributed by atoms with Crippen LogP contribution in [0.1, 0.15) is 58.8 Å². The molecule has 0 aromatic rings. The predicted octanol–water partition coefficient (Wildman–Crippen LogP) is 2.05. The summed E-state index contributed by atoms with van der Waals surface area (Å²) < 4.78 is 0. The van der Waals surface area contributed by atoms with Gasteiger partial charge in [-0.2, -0.15) is 0 Å². The zero-order chi connectivity index (χ0) is 12.5. The number of nitrogens with one attached hydrogen (secondary N) is 2. The second-order valence-corrected chi connectivity index (χ2v) is 5.26. The van der Waals surface area contributed by atoms with E-state index in [0.29, 0.717) is 12.1 Å². The monoisotopic (exact) mass is 242 g/mol. The Labute approximate surface area is 106 Å². The summed E-state index contributed by atoms with van der Waals surface area (Å²) in [5.74, 6) is 0. The molecule has 0 aliphatic heterocycles. The van der Waals surface area contributed by atoms with Gasteiger partial charge in [-0.15, -0.1) is 0 Å². The average molecular weight is 242 g/mol. The van der Waals surface area contributed by atoms with E-state index in [1.165, 1.54) is 32.1 Å².